The van der Waals surface area contributed by atoms with Gasteiger partial charge in [0.2, 0.25) is 5.91 Å². The van der Waals surface area contributed by atoms with E-state index in [9.17, 15) is 9.59 Å². The van der Waals surface area contributed by atoms with Crippen molar-refractivity contribution in [3.8, 4) is 0 Å². The van der Waals surface area contributed by atoms with Crippen LogP contribution in [0.1, 0.15) is 30.1 Å². The molecule has 0 N–H and O–H groups in total. The number of nitrogens with zero attached hydrogens (tertiary/aromatic N) is 4. The Morgan fingerprint density at radius 3 is 2.67 bits per heavy atom. The highest BCUT2D eigenvalue weighted by Gasteiger charge is 2.36. The maximum Gasteiger partial charge on any atom is 0.223 e. The Hall–Kier alpha value is -1.73. The summed E-state index contributed by atoms with van der Waals surface area (Å²) in [6, 6.07) is 0.409. The van der Waals surface area contributed by atoms with Crippen LogP contribution in [0.3, 0.4) is 0 Å². The second-order valence-corrected chi connectivity index (χ2v) is 6.82. The second-order valence-electron chi connectivity index (χ2n) is 6.82. The van der Waals surface area contributed by atoms with Gasteiger partial charge in [-0.2, -0.15) is 5.10 Å². The highest BCUT2D eigenvalue weighted by molar-refractivity contribution is 5.97. The number of aromatic nitrogens is 2. The average molecular weight is 334 g/mol. The zero-order valence-corrected chi connectivity index (χ0v) is 14.5. The van der Waals surface area contributed by atoms with Crippen LogP contribution in [0.25, 0.3) is 0 Å². The van der Waals surface area contributed by atoms with Crippen molar-refractivity contribution >= 4 is 11.7 Å². The molecule has 3 heterocycles. The number of hydrogen-bond donors (Lipinski definition) is 0. The van der Waals surface area contributed by atoms with Crippen LogP contribution in [0.15, 0.2) is 12.4 Å². The molecular weight excluding hydrogens is 308 g/mol. The summed E-state index contributed by atoms with van der Waals surface area (Å²) < 4.78 is 7.01. The highest BCUT2D eigenvalue weighted by Crippen LogP contribution is 2.23. The highest BCUT2D eigenvalue weighted by atomic mass is 16.5. The van der Waals surface area contributed by atoms with Crippen molar-refractivity contribution in [2.24, 2.45) is 13.0 Å². The second kappa shape index (κ2) is 7.44. The number of aryl methyl sites for hydroxylation is 1. The Labute approximate surface area is 142 Å². The van der Waals surface area contributed by atoms with Gasteiger partial charge in [-0.1, -0.05) is 6.92 Å². The van der Waals surface area contributed by atoms with E-state index in [4.69, 9.17) is 4.74 Å². The summed E-state index contributed by atoms with van der Waals surface area (Å²) in [5, 5.41) is 4.00. The molecule has 7 heteroatoms. The summed E-state index contributed by atoms with van der Waals surface area (Å²) in [6.45, 7) is 7.18. The number of hydrogen-bond acceptors (Lipinski definition) is 5. The van der Waals surface area contributed by atoms with Crippen molar-refractivity contribution in [2.75, 3.05) is 39.4 Å². The molecule has 0 saturated carbocycles. The van der Waals surface area contributed by atoms with Crippen LogP contribution in [0, 0.1) is 5.92 Å². The number of Topliss-reactive ketones (excluding diaryl/α,β-unsaturated/α-hetero) is 1. The van der Waals surface area contributed by atoms with Crippen LogP contribution in [0.2, 0.25) is 0 Å². The molecule has 0 bridgehead atoms. The van der Waals surface area contributed by atoms with Crippen LogP contribution in [0.4, 0.5) is 0 Å². The number of ether oxygens (including phenoxy) is 1. The van der Waals surface area contributed by atoms with Crippen LogP contribution < -0.4 is 0 Å². The molecule has 132 valence electrons. The summed E-state index contributed by atoms with van der Waals surface area (Å²) in [4.78, 5) is 28.9. The molecule has 1 aromatic heterocycles. The molecular formula is C17H26N4O3. The van der Waals surface area contributed by atoms with Crippen molar-refractivity contribution in [2.45, 2.75) is 25.8 Å². The topological polar surface area (TPSA) is 67.7 Å². The summed E-state index contributed by atoms with van der Waals surface area (Å²) in [5.41, 5.74) is 0.575. The van der Waals surface area contributed by atoms with Gasteiger partial charge < -0.3 is 9.64 Å². The predicted octanol–water partition coefficient (Wildman–Crippen LogP) is 0.562. The number of carbonyl (C=O) groups excluding carboxylic acids is 2. The molecule has 2 fully saturated rings. The van der Waals surface area contributed by atoms with Crippen LogP contribution >= 0.6 is 0 Å². The first-order valence-electron chi connectivity index (χ1n) is 8.66. The van der Waals surface area contributed by atoms with Crippen molar-refractivity contribution in [1.29, 1.82) is 0 Å². The number of ketones is 1. The third-order valence-corrected chi connectivity index (χ3v) is 5.03. The predicted molar refractivity (Wildman–Crippen MR) is 88.7 cm³/mol. The zero-order chi connectivity index (χ0) is 17.1. The van der Waals surface area contributed by atoms with E-state index in [0.29, 0.717) is 17.5 Å². The molecule has 0 unspecified atom stereocenters. The molecule has 3 rings (SSSR count). The van der Waals surface area contributed by atoms with Gasteiger partial charge in [-0.15, -0.1) is 0 Å². The summed E-state index contributed by atoms with van der Waals surface area (Å²) >= 11 is 0. The Bertz CT molecular complexity index is 594. The van der Waals surface area contributed by atoms with Gasteiger partial charge in [0.15, 0.2) is 5.78 Å². The molecule has 7 nitrogen and oxygen atoms in total. The first-order chi connectivity index (χ1) is 11.5. The normalized spacial score (nSPS) is 25.2. The Morgan fingerprint density at radius 1 is 1.25 bits per heavy atom. The molecule has 2 atom stereocenters. The number of carbonyl (C=O) groups is 2. The van der Waals surface area contributed by atoms with E-state index in [-0.39, 0.29) is 24.5 Å². The van der Waals surface area contributed by atoms with Gasteiger partial charge in [0.05, 0.1) is 25.0 Å². The molecule has 0 radical (unpaired) electrons. The van der Waals surface area contributed by atoms with Gasteiger partial charge in [-0.25, -0.2) is 0 Å². The number of rotatable bonds is 5. The lowest BCUT2D eigenvalue weighted by Crippen LogP contribution is -2.47. The lowest BCUT2D eigenvalue weighted by molar-refractivity contribution is -0.130. The third kappa shape index (κ3) is 3.84. The quantitative estimate of drug-likeness (QED) is 0.736. The maximum atomic E-state index is 12.5. The first-order valence-corrected chi connectivity index (χ1v) is 8.66. The molecule has 0 aromatic carbocycles. The van der Waals surface area contributed by atoms with E-state index in [0.717, 1.165) is 39.4 Å². The fourth-order valence-electron chi connectivity index (χ4n) is 3.63. The fraction of sp³-hybridized carbons (Fsp3) is 0.706. The molecule has 2 aliphatic rings. The van der Waals surface area contributed by atoms with Gasteiger partial charge in [-0.05, 0) is 5.92 Å². The van der Waals surface area contributed by atoms with E-state index in [1.165, 1.54) is 0 Å². The largest absolute Gasteiger partial charge is 0.379 e. The molecule has 0 spiro atoms. The van der Waals surface area contributed by atoms with E-state index in [1.54, 1.807) is 24.1 Å². The maximum absolute atomic E-state index is 12.5. The molecule has 2 aliphatic heterocycles. The Kier molecular flexibility index (Phi) is 5.30. The van der Waals surface area contributed by atoms with Crippen LogP contribution in [-0.4, -0.2) is 76.7 Å². The number of morpholine rings is 1. The van der Waals surface area contributed by atoms with Gasteiger partial charge in [0.25, 0.3) is 0 Å². The lowest BCUT2D eigenvalue weighted by Gasteiger charge is -2.33. The zero-order valence-electron chi connectivity index (χ0n) is 14.5. The standard InChI is InChI=1S/C17H26N4O3/c1-13-10-21(12-15(13)20-5-7-24-8-6-20)17(23)4-3-16(22)14-9-18-19(2)11-14/h9,11,13,15H,3-8,10,12H2,1-2H3/t13-,15+/m0/s1. The average Bonchev–Trinajstić information content (AvgIpc) is 3.19. The van der Waals surface area contributed by atoms with E-state index >= 15 is 0 Å². The number of amides is 1. The Morgan fingerprint density at radius 2 is 2.00 bits per heavy atom. The third-order valence-electron chi connectivity index (χ3n) is 5.03. The molecule has 24 heavy (non-hydrogen) atoms. The minimum atomic E-state index is -0.0200. The van der Waals surface area contributed by atoms with Crippen LogP contribution in [0.5, 0.6) is 0 Å². The van der Waals surface area contributed by atoms with Gasteiger partial charge in [0, 0.05) is 58.3 Å². The summed E-state index contributed by atoms with van der Waals surface area (Å²) in [5.74, 6) is 0.518. The monoisotopic (exact) mass is 334 g/mol. The van der Waals surface area contributed by atoms with Crippen LogP contribution in [-0.2, 0) is 16.6 Å². The van der Waals surface area contributed by atoms with Crippen molar-refractivity contribution in [3.63, 3.8) is 0 Å². The minimum absolute atomic E-state index is 0.0200. The number of likely N-dealkylation sites (tertiary alicyclic amines) is 1. The van der Waals surface area contributed by atoms with Gasteiger partial charge in [-0.3, -0.25) is 19.2 Å². The van der Waals surface area contributed by atoms with Crippen molar-refractivity contribution < 1.29 is 14.3 Å². The van der Waals surface area contributed by atoms with Crippen molar-refractivity contribution in [3.05, 3.63) is 18.0 Å². The summed E-state index contributed by atoms with van der Waals surface area (Å²) in [7, 11) is 1.78. The molecule has 0 aliphatic carbocycles. The fourth-order valence-corrected chi connectivity index (χ4v) is 3.63. The smallest absolute Gasteiger partial charge is 0.223 e. The van der Waals surface area contributed by atoms with Crippen molar-refractivity contribution in [1.82, 2.24) is 19.6 Å². The van der Waals surface area contributed by atoms with Gasteiger partial charge in [0.1, 0.15) is 0 Å². The summed E-state index contributed by atoms with van der Waals surface area (Å²) in [6.07, 6.45) is 3.77. The SMILES string of the molecule is C[C@H]1CN(C(=O)CCC(=O)c2cnn(C)c2)C[C@H]1N1CCOCC1. The molecule has 1 aromatic rings. The minimum Gasteiger partial charge on any atom is -0.379 e. The lowest BCUT2D eigenvalue weighted by atomic mass is 10.0. The van der Waals surface area contributed by atoms with Gasteiger partial charge >= 0.3 is 0 Å². The molecule has 1 amide bonds. The first kappa shape index (κ1) is 17.1. The Balaban J connectivity index is 1.49. The van der Waals surface area contributed by atoms with E-state index in [2.05, 4.69) is 16.9 Å². The van der Waals surface area contributed by atoms with E-state index < -0.39 is 0 Å². The molecule has 2 saturated heterocycles. The van der Waals surface area contributed by atoms with E-state index in [1.807, 2.05) is 4.90 Å².